The van der Waals surface area contributed by atoms with E-state index in [9.17, 15) is 0 Å². The standard InChI is InChI=1S/C12H34N9P3/c1-18(2)23(19(3)4)15-22(13-11-9-10-12-14-22)16-24(17-23,20(5)6)21(7)8/h13-14H,9-12H2,1-8H3. The van der Waals surface area contributed by atoms with Gasteiger partial charge < -0.3 is 0 Å². The Hall–Kier alpha value is 0.450. The maximum absolute atomic E-state index is 5.36. The van der Waals surface area contributed by atoms with Gasteiger partial charge in [0.2, 0.25) is 22.5 Å². The monoisotopic (exact) mass is 397 g/mol. The fourth-order valence-corrected chi connectivity index (χ4v) is 16.9. The van der Waals surface area contributed by atoms with Crippen LogP contribution in [-0.4, -0.2) is 88.2 Å². The van der Waals surface area contributed by atoms with Crippen LogP contribution in [0.4, 0.5) is 0 Å². The van der Waals surface area contributed by atoms with Crippen molar-refractivity contribution in [2.24, 2.45) is 13.5 Å². The van der Waals surface area contributed by atoms with Gasteiger partial charge in [-0.15, -0.1) is 0 Å². The summed E-state index contributed by atoms with van der Waals surface area (Å²) in [6.45, 7) is 1.91. The summed E-state index contributed by atoms with van der Waals surface area (Å²) < 4.78 is 24.8. The molecule has 0 bridgehead atoms. The number of hydrogen-bond donors (Lipinski definition) is 2. The highest BCUT2D eigenvalue weighted by Gasteiger charge is 2.42. The topological polar surface area (TPSA) is 74.1 Å². The van der Waals surface area contributed by atoms with Gasteiger partial charge in [-0.25, -0.2) is 18.7 Å². The summed E-state index contributed by atoms with van der Waals surface area (Å²) >= 11 is 0. The number of nitrogens with one attached hydrogen (secondary N) is 2. The van der Waals surface area contributed by atoms with Crippen LogP contribution in [0.15, 0.2) is 13.5 Å². The first kappa shape index (κ1) is 20.8. The van der Waals surface area contributed by atoms with Crippen LogP contribution in [0.2, 0.25) is 0 Å². The molecule has 12 heteroatoms. The molecule has 0 aromatic rings. The van der Waals surface area contributed by atoms with E-state index in [0.29, 0.717) is 0 Å². The van der Waals surface area contributed by atoms with Gasteiger partial charge in [0.1, 0.15) is 0 Å². The predicted molar refractivity (Wildman–Crippen MR) is 108 cm³/mol. The Bertz CT molecular complexity index is 568. The first-order chi connectivity index (χ1) is 11.1. The molecule has 1 fully saturated rings. The lowest BCUT2D eigenvalue weighted by molar-refractivity contribution is 0.545. The van der Waals surface area contributed by atoms with Crippen LogP contribution >= 0.6 is 22.5 Å². The van der Waals surface area contributed by atoms with Gasteiger partial charge in [-0.1, -0.05) is 0 Å². The molecule has 9 nitrogen and oxygen atoms in total. The van der Waals surface area contributed by atoms with Crippen molar-refractivity contribution in [1.29, 1.82) is 0 Å². The van der Waals surface area contributed by atoms with E-state index in [-0.39, 0.29) is 0 Å². The highest BCUT2D eigenvalue weighted by molar-refractivity contribution is 7.83. The Kier molecular flexibility index (Phi) is 6.57. The minimum Gasteiger partial charge on any atom is -0.253 e. The van der Waals surface area contributed by atoms with E-state index in [0.717, 1.165) is 25.9 Å². The molecule has 0 aromatic carbocycles. The zero-order valence-electron chi connectivity index (χ0n) is 16.3. The number of nitrogens with zero attached hydrogens (tertiary/aromatic N) is 7. The molecule has 24 heavy (non-hydrogen) atoms. The van der Waals surface area contributed by atoms with Crippen LogP contribution in [0.3, 0.4) is 0 Å². The SMILES string of the molecule is CN(C)P1(N(C)C)=NP2(=NP(N(C)C)(N(C)C)=N1)NCCCCN2. The second-order valence-electron chi connectivity index (χ2n) is 6.86. The molecule has 1 spiro atoms. The molecule has 2 N–H and O–H groups in total. The molecule has 0 aliphatic carbocycles. The zero-order valence-corrected chi connectivity index (χ0v) is 19.0. The van der Waals surface area contributed by atoms with E-state index >= 15 is 0 Å². The van der Waals surface area contributed by atoms with E-state index in [1.165, 1.54) is 0 Å². The predicted octanol–water partition coefficient (Wildman–Crippen LogP) is 3.06. The van der Waals surface area contributed by atoms with Crippen LogP contribution in [-0.2, 0) is 0 Å². The molecule has 1 saturated heterocycles. The van der Waals surface area contributed by atoms with Crippen molar-refractivity contribution in [2.75, 3.05) is 69.5 Å². The molecule has 142 valence electrons. The van der Waals surface area contributed by atoms with E-state index in [4.69, 9.17) is 13.5 Å². The van der Waals surface area contributed by atoms with E-state index in [2.05, 4.69) is 85.2 Å². The number of hydrogen-bond acceptors (Lipinski definition) is 9. The lowest BCUT2D eigenvalue weighted by Crippen LogP contribution is -2.29. The molecular weight excluding hydrogens is 363 g/mol. The second kappa shape index (κ2) is 7.59. The Morgan fingerprint density at radius 1 is 0.583 bits per heavy atom. The summed E-state index contributed by atoms with van der Waals surface area (Å²) in [5.41, 5.74) is 0. The molecule has 0 aromatic heterocycles. The lowest BCUT2D eigenvalue weighted by Gasteiger charge is -2.44. The summed E-state index contributed by atoms with van der Waals surface area (Å²) in [4.78, 5) is 0. The molecular formula is C12H34N9P3. The third-order valence-electron chi connectivity index (χ3n) is 4.15. The van der Waals surface area contributed by atoms with E-state index in [1.807, 2.05) is 0 Å². The fraction of sp³-hybridized carbons (Fsp3) is 1.00. The maximum atomic E-state index is 5.36. The van der Waals surface area contributed by atoms with Crippen LogP contribution in [0.1, 0.15) is 12.8 Å². The zero-order chi connectivity index (χ0) is 18.2. The Morgan fingerprint density at radius 2 is 0.958 bits per heavy atom. The van der Waals surface area contributed by atoms with Crippen molar-refractivity contribution in [1.82, 2.24) is 28.9 Å². The lowest BCUT2D eigenvalue weighted by atomic mass is 10.3. The van der Waals surface area contributed by atoms with Crippen LogP contribution in [0.5, 0.6) is 0 Å². The average molecular weight is 397 g/mol. The molecule has 2 rings (SSSR count). The quantitative estimate of drug-likeness (QED) is 0.711. The minimum atomic E-state index is -2.20. The average Bonchev–Trinajstić information content (AvgIpc) is 2.71. The van der Waals surface area contributed by atoms with Gasteiger partial charge in [0.15, 0.2) is 0 Å². The maximum Gasteiger partial charge on any atom is 0.220 e. The molecule has 2 heterocycles. The smallest absolute Gasteiger partial charge is 0.220 e. The van der Waals surface area contributed by atoms with Crippen LogP contribution < -0.4 is 10.2 Å². The van der Waals surface area contributed by atoms with Gasteiger partial charge in [0, 0.05) is 13.1 Å². The summed E-state index contributed by atoms with van der Waals surface area (Å²) in [6, 6.07) is 0. The molecule has 0 atom stereocenters. The Labute approximate surface area is 147 Å². The Morgan fingerprint density at radius 3 is 1.33 bits per heavy atom. The third kappa shape index (κ3) is 3.62. The summed E-state index contributed by atoms with van der Waals surface area (Å²) in [7, 11) is 10.1. The molecule has 2 aliphatic heterocycles. The van der Waals surface area contributed by atoms with E-state index < -0.39 is 22.5 Å². The van der Waals surface area contributed by atoms with Crippen molar-refractivity contribution in [3.05, 3.63) is 0 Å². The number of rotatable bonds is 4. The Balaban J connectivity index is 2.87. The molecule has 2 aliphatic rings. The van der Waals surface area contributed by atoms with E-state index in [1.54, 1.807) is 0 Å². The first-order valence-corrected chi connectivity index (χ1v) is 13.1. The molecule has 0 unspecified atom stereocenters. The summed E-state index contributed by atoms with van der Waals surface area (Å²) in [5, 5.41) is 7.36. The minimum absolute atomic E-state index is 0.954. The highest BCUT2D eigenvalue weighted by Crippen LogP contribution is 2.78. The largest absolute Gasteiger partial charge is 0.253 e. The van der Waals surface area contributed by atoms with Crippen molar-refractivity contribution in [3.63, 3.8) is 0 Å². The molecule has 0 radical (unpaired) electrons. The van der Waals surface area contributed by atoms with Gasteiger partial charge in [0.05, 0.1) is 0 Å². The fourth-order valence-electron chi connectivity index (χ4n) is 2.82. The third-order valence-corrected chi connectivity index (χ3v) is 15.7. The van der Waals surface area contributed by atoms with Crippen LogP contribution in [0, 0.1) is 0 Å². The summed E-state index contributed by atoms with van der Waals surface area (Å²) in [6.07, 6.45) is 2.31. The van der Waals surface area contributed by atoms with Crippen molar-refractivity contribution in [2.45, 2.75) is 12.8 Å². The van der Waals surface area contributed by atoms with Crippen molar-refractivity contribution in [3.8, 4) is 0 Å². The first-order valence-electron chi connectivity index (χ1n) is 8.23. The van der Waals surface area contributed by atoms with Crippen LogP contribution in [0.25, 0.3) is 0 Å². The normalized spacial score (nSPS) is 25.5. The van der Waals surface area contributed by atoms with Gasteiger partial charge in [0.25, 0.3) is 0 Å². The van der Waals surface area contributed by atoms with Gasteiger partial charge in [-0.2, -0.15) is 13.5 Å². The summed E-state index contributed by atoms with van der Waals surface area (Å²) in [5.74, 6) is 0. The molecule has 0 saturated carbocycles. The van der Waals surface area contributed by atoms with Crippen molar-refractivity contribution >= 4 is 22.5 Å². The second-order valence-corrected chi connectivity index (χ2v) is 16.2. The molecule has 0 amide bonds. The highest BCUT2D eigenvalue weighted by atomic mass is 31.3. The van der Waals surface area contributed by atoms with Gasteiger partial charge in [-0.3, -0.25) is 10.2 Å². The van der Waals surface area contributed by atoms with Crippen molar-refractivity contribution < 1.29 is 0 Å². The van der Waals surface area contributed by atoms with Gasteiger partial charge in [-0.05, 0) is 69.2 Å². The van der Waals surface area contributed by atoms with Gasteiger partial charge >= 0.3 is 0 Å².